The Morgan fingerprint density at radius 1 is 1.37 bits per heavy atom. The number of methoxy groups -OCH3 is 1. The molecule has 0 spiro atoms. The molecule has 102 valence electrons. The van der Waals surface area contributed by atoms with E-state index in [2.05, 4.69) is 26.1 Å². The standard InChI is InChI=1S/C12H14BrN3O3/c1-7-15-16-11(19-7)6-18-12-9(13)3-8(5-14)4-10(12)17-2/h3-4H,5-6,14H2,1-2H3. The normalized spacial score (nSPS) is 10.5. The van der Waals surface area contributed by atoms with E-state index in [1.807, 2.05) is 12.1 Å². The molecular formula is C12H14BrN3O3. The first kappa shape index (κ1) is 13.8. The number of hydrogen-bond acceptors (Lipinski definition) is 6. The Balaban J connectivity index is 2.19. The van der Waals surface area contributed by atoms with Crippen LogP contribution in [0.25, 0.3) is 0 Å². The summed E-state index contributed by atoms with van der Waals surface area (Å²) in [6, 6.07) is 3.72. The first-order chi connectivity index (χ1) is 9.13. The molecule has 1 aromatic carbocycles. The van der Waals surface area contributed by atoms with Crippen LogP contribution in [0, 0.1) is 6.92 Å². The fraction of sp³-hybridized carbons (Fsp3) is 0.333. The molecule has 0 radical (unpaired) electrons. The van der Waals surface area contributed by atoms with Gasteiger partial charge in [0, 0.05) is 13.5 Å². The number of hydrogen-bond donors (Lipinski definition) is 1. The van der Waals surface area contributed by atoms with Crippen molar-refractivity contribution in [3.8, 4) is 11.5 Å². The Morgan fingerprint density at radius 2 is 2.16 bits per heavy atom. The molecule has 2 N–H and O–H groups in total. The Morgan fingerprint density at radius 3 is 2.74 bits per heavy atom. The van der Waals surface area contributed by atoms with Gasteiger partial charge < -0.3 is 19.6 Å². The molecule has 0 atom stereocenters. The molecule has 0 unspecified atom stereocenters. The minimum atomic E-state index is 0.178. The van der Waals surface area contributed by atoms with Gasteiger partial charge in [0.05, 0.1) is 11.6 Å². The predicted octanol–water partition coefficient (Wildman–Crippen LogP) is 2.19. The zero-order valence-corrected chi connectivity index (χ0v) is 12.2. The van der Waals surface area contributed by atoms with E-state index in [0.29, 0.717) is 29.8 Å². The van der Waals surface area contributed by atoms with Crippen LogP contribution in [0.2, 0.25) is 0 Å². The molecule has 1 heterocycles. The van der Waals surface area contributed by atoms with Crippen LogP contribution in [-0.4, -0.2) is 17.3 Å². The van der Waals surface area contributed by atoms with Crippen molar-refractivity contribution >= 4 is 15.9 Å². The summed E-state index contributed by atoms with van der Waals surface area (Å²) in [5.74, 6) is 2.10. The lowest BCUT2D eigenvalue weighted by Gasteiger charge is -2.12. The molecule has 19 heavy (non-hydrogen) atoms. The van der Waals surface area contributed by atoms with E-state index < -0.39 is 0 Å². The second-order valence-electron chi connectivity index (χ2n) is 3.82. The number of aryl methyl sites for hydroxylation is 1. The van der Waals surface area contributed by atoms with Crippen molar-refractivity contribution in [2.45, 2.75) is 20.1 Å². The molecule has 1 aromatic heterocycles. The Hall–Kier alpha value is -1.60. The maximum atomic E-state index is 5.65. The number of nitrogens with two attached hydrogens (primary N) is 1. The molecule has 0 aliphatic heterocycles. The number of halogens is 1. The highest BCUT2D eigenvalue weighted by molar-refractivity contribution is 9.10. The largest absolute Gasteiger partial charge is 0.493 e. The van der Waals surface area contributed by atoms with Crippen molar-refractivity contribution < 1.29 is 13.9 Å². The summed E-state index contributed by atoms with van der Waals surface area (Å²) in [4.78, 5) is 0. The van der Waals surface area contributed by atoms with E-state index in [1.165, 1.54) is 0 Å². The molecule has 0 fully saturated rings. The summed E-state index contributed by atoms with van der Waals surface area (Å²) >= 11 is 3.43. The zero-order chi connectivity index (χ0) is 13.8. The lowest BCUT2D eigenvalue weighted by atomic mass is 10.2. The van der Waals surface area contributed by atoms with Gasteiger partial charge in [0.15, 0.2) is 18.1 Å². The van der Waals surface area contributed by atoms with Gasteiger partial charge in [-0.3, -0.25) is 0 Å². The fourth-order valence-electron chi connectivity index (χ4n) is 1.56. The molecule has 0 aliphatic carbocycles. The number of rotatable bonds is 5. The van der Waals surface area contributed by atoms with Crippen LogP contribution in [0.1, 0.15) is 17.3 Å². The topological polar surface area (TPSA) is 83.4 Å². The van der Waals surface area contributed by atoms with E-state index in [0.717, 1.165) is 10.0 Å². The molecule has 0 bridgehead atoms. The highest BCUT2D eigenvalue weighted by Gasteiger charge is 2.13. The Kier molecular flexibility index (Phi) is 4.39. The monoisotopic (exact) mass is 327 g/mol. The maximum absolute atomic E-state index is 5.65. The minimum Gasteiger partial charge on any atom is -0.493 e. The van der Waals surface area contributed by atoms with Crippen LogP contribution in [0.3, 0.4) is 0 Å². The molecule has 0 amide bonds. The molecule has 0 aliphatic rings. The molecule has 7 heteroatoms. The van der Waals surface area contributed by atoms with E-state index in [9.17, 15) is 0 Å². The Labute approximate surface area is 119 Å². The third-order valence-electron chi connectivity index (χ3n) is 2.43. The summed E-state index contributed by atoms with van der Waals surface area (Å²) in [5.41, 5.74) is 6.56. The van der Waals surface area contributed by atoms with Crippen LogP contribution in [0.5, 0.6) is 11.5 Å². The molecule has 2 rings (SSSR count). The van der Waals surface area contributed by atoms with Crippen molar-refractivity contribution in [2.24, 2.45) is 5.73 Å². The lowest BCUT2D eigenvalue weighted by Crippen LogP contribution is -2.02. The Bertz CT molecular complexity index is 571. The van der Waals surface area contributed by atoms with Gasteiger partial charge in [-0.15, -0.1) is 10.2 Å². The van der Waals surface area contributed by atoms with Gasteiger partial charge in [-0.1, -0.05) is 0 Å². The highest BCUT2D eigenvalue weighted by atomic mass is 79.9. The van der Waals surface area contributed by atoms with Gasteiger partial charge in [0.1, 0.15) is 0 Å². The zero-order valence-electron chi connectivity index (χ0n) is 10.6. The minimum absolute atomic E-state index is 0.178. The number of benzene rings is 1. The van der Waals surface area contributed by atoms with Crippen LogP contribution >= 0.6 is 15.9 Å². The van der Waals surface area contributed by atoms with Gasteiger partial charge in [-0.25, -0.2) is 0 Å². The van der Waals surface area contributed by atoms with Crippen molar-refractivity contribution in [3.63, 3.8) is 0 Å². The van der Waals surface area contributed by atoms with Gasteiger partial charge in [0.25, 0.3) is 5.89 Å². The number of nitrogens with zero attached hydrogens (tertiary/aromatic N) is 2. The van der Waals surface area contributed by atoms with Gasteiger partial charge in [-0.2, -0.15) is 0 Å². The average Bonchev–Trinajstić information content (AvgIpc) is 2.82. The molecule has 0 saturated carbocycles. The summed E-state index contributed by atoms with van der Waals surface area (Å²) in [6.45, 7) is 2.33. The van der Waals surface area contributed by atoms with Crippen molar-refractivity contribution in [1.29, 1.82) is 0 Å². The van der Waals surface area contributed by atoms with Crippen molar-refractivity contribution in [3.05, 3.63) is 34.0 Å². The molecule has 6 nitrogen and oxygen atoms in total. The van der Waals surface area contributed by atoms with Crippen LogP contribution in [0.4, 0.5) is 0 Å². The van der Waals surface area contributed by atoms with Crippen molar-refractivity contribution in [1.82, 2.24) is 10.2 Å². The van der Waals surface area contributed by atoms with Crippen LogP contribution in [0.15, 0.2) is 21.0 Å². The number of aromatic nitrogens is 2. The first-order valence-electron chi connectivity index (χ1n) is 5.62. The predicted molar refractivity (Wildman–Crippen MR) is 72.0 cm³/mol. The van der Waals surface area contributed by atoms with E-state index in [4.69, 9.17) is 19.6 Å². The maximum Gasteiger partial charge on any atom is 0.253 e. The van der Waals surface area contributed by atoms with E-state index in [1.54, 1.807) is 14.0 Å². The van der Waals surface area contributed by atoms with Gasteiger partial charge >= 0.3 is 0 Å². The van der Waals surface area contributed by atoms with E-state index in [-0.39, 0.29) is 6.61 Å². The van der Waals surface area contributed by atoms with Gasteiger partial charge in [0.2, 0.25) is 5.89 Å². The SMILES string of the molecule is COc1cc(CN)cc(Br)c1OCc1nnc(C)o1. The first-order valence-corrected chi connectivity index (χ1v) is 6.41. The average molecular weight is 328 g/mol. The van der Waals surface area contributed by atoms with Crippen LogP contribution in [-0.2, 0) is 13.2 Å². The summed E-state index contributed by atoms with van der Waals surface area (Å²) < 4.78 is 16.9. The molecule has 0 saturated heterocycles. The lowest BCUT2D eigenvalue weighted by molar-refractivity contribution is 0.246. The fourth-order valence-corrected chi connectivity index (χ4v) is 2.16. The molecular weight excluding hydrogens is 314 g/mol. The van der Waals surface area contributed by atoms with E-state index >= 15 is 0 Å². The van der Waals surface area contributed by atoms with Crippen LogP contribution < -0.4 is 15.2 Å². The van der Waals surface area contributed by atoms with Crippen molar-refractivity contribution in [2.75, 3.05) is 7.11 Å². The quantitative estimate of drug-likeness (QED) is 0.906. The second-order valence-corrected chi connectivity index (χ2v) is 4.67. The van der Waals surface area contributed by atoms with Gasteiger partial charge in [-0.05, 0) is 33.6 Å². The third-order valence-corrected chi connectivity index (χ3v) is 3.02. The number of ether oxygens (including phenoxy) is 2. The second kappa shape index (κ2) is 6.03. The highest BCUT2D eigenvalue weighted by Crippen LogP contribution is 2.37. The third kappa shape index (κ3) is 3.24. The summed E-state index contributed by atoms with van der Waals surface area (Å²) in [7, 11) is 1.58. The molecule has 2 aromatic rings. The smallest absolute Gasteiger partial charge is 0.253 e. The summed E-state index contributed by atoms with van der Waals surface area (Å²) in [6.07, 6.45) is 0. The summed E-state index contributed by atoms with van der Waals surface area (Å²) in [5, 5.41) is 7.60.